The monoisotopic (exact) mass is 530 g/mol. The molecule has 40 heavy (non-hydrogen) atoms. The summed E-state index contributed by atoms with van der Waals surface area (Å²) >= 11 is 0. The van der Waals surface area contributed by atoms with Crippen LogP contribution in [0, 0.1) is 24.1 Å². The van der Waals surface area contributed by atoms with Gasteiger partial charge in [-0.15, -0.1) is 12.8 Å². The van der Waals surface area contributed by atoms with Crippen molar-refractivity contribution in [1.82, 2.24) is 9.97 Å². The molecule has 3 aromatic carbocycles. The summed E-state index contributed by atoms with van der Waals surface area (Å²) in [7, 11) is 0. The number of benzene rings is 3. The molecule has 2 aromatic heterocycles. The first kappa shape index (κ1) is 28.2. The third-order valence-corrected chi connectivity index (χ3v) is 6.54. The topological polar surface area (TPSA) is 66.7 Å². The van der Waals surface area contributed by atoms with Crippen molar-refractivity contribution in [3.63, 3.8) is 0 Å². The smallest absolute Gasteiger partial charge is 0.131 e. The van der Waals surface area contributed by atoms with Crippen molar-refractivity contribution in [1.29, 1.82) is 0 Å². The molecule has 0 bridgehead atoms. The van der Waals surface area contributed by atoms with Gasteiger partial charge in [-0.25, -0.2) is 4.39 Å². The van der Waals surface area contributed by atoms with E-state index in [0.717, 1.165) is 62.3 Å². The maximum atomic E-state index is 14.5. The second-order valence-electron chi connectivity index (χ2n) is 11.1. The lowest BCUT2D eigenvalue weighted by molar-refractivity contribution is 0.411. The number of aromatic nitrogens is 2. The van der Waals surface area contributed by atoms with Crippen molar-refractivity contribution in [2.45, 2.75) is 33.6 Å². The lowest BCUT2D eigenvalue weighted by Gasteiger charge is -2.20. The van der Waals surface area contributed by atoms with E-state index in [2.05, 4.69) is 73.7 Å². The molecule has 0 aliphatic rings. The van der Waals surface area contributed by atoms with Gasteiger partial charge in [0.1, 0.15) is 5.82 Å². The van der Waals surface area contributed by atoms with Crippen molar-refractivity contribution in [3.8, 4) is 35.1 Å². The summed E-state index contributed by atoms with van der Waals surface area (Å²) in [5.41, 5.74) is 15.6. The molecule has 0 fully saturated rings. The molecule has 0 aliphatic heterocycles. The van der Waals surface area contributed by atoms with Crippen LogP contribution >= 0.6 is 0 Å². The third-order valence-electron chi connectivity index (χ3n) is 6.54. The normalized spacial score (nSPS) is 11.1. The Kier molecular flexibility index (Phi) is 8.40. The highest BCUT2D eigenvalue weighted by atomic mass is 19.1. The molecule has 4 N–H and O–H groups in total. The highest BCUT2D eigenvalue weighted by molar-refractivity contribution is 5.96. The Morgan fingerprint density at radius 2 is 1.70 bits per heavy atom. The van der Waals surface area contributed by atoms with Crippen LogP contribution in [-0.2, 0) is 6.42 Å². The van der Waals surface area contributed by atoms with Crippen LogP contribution in [0.4, 0.5) is 15.8 Å². The number of terminal acetylenes is 1. The van der Waals surface area contributed by atoms with Gasteiger partial charge in [-0.1, -0.05) is 63.7 Å². The maximum Gasteiger partial charge on any atom is 0.131 e. The summed E-state index contributed by atoms with van der Waals surface area (Å²) in [4.78, 5) is 7.95. The number of aromatic amines is 1. The van der Waals surface area contributed by atoms with E-state index in [9.17, 15) is 4.39 Å². The van der Waals surface area contributed by atoms with Crippen molar-refractivity contribution < 1.29 is 4.39 Å². The summed E-state index contributed by atoms with van der Waals surface area (Å²) in [5, 5.41) is 4.39. The fraction of sp³-hybridized carbons (Fsp3) is 0.171. The highest BCUT2D eigenvalue weighted by Gasteiger charge is 2.14. The third kappa shape index (κ3) is 6.59. The fourth-order valence-corrected chi connectivity index (χ4v) is 4.92. The van der Waals surface area contributed by atoms with Crippen molar-refractivity contribution >= 4 is 22.3 Å². The van der Waals surface area contributed by atoms with Crippen LogP contribution in [0.3, 0.4) is 0 Å². The number of hydrogen-bond donors (Lipinski definition) is 3. The molecule has 5 heteroatoms. The van der Waals surface area contributed by atoms with Crippen LogP contribution in [0.1, 0.15) is 38.4 Å². The van der Waals surface area contributed by atoms with Crippen LogP contribution < -0.4 is 11.1 Å². The van der Waals surface area contributed by atoms with Crippen LogP contribution in [-0.4, -0.2) is 9.97 Å². The van der Waals surface area contributed by atoms with Gasteiger partial charge in [-0.05, 0) is 64.9 Å². The Balaban J connectivity index is 0.00000181. The summed E-state index contributed by atoms with van der Waals surface area (Å²) in [6, 6.07) is 23.0. The first-order valence-electron chi connectivity index (χ1n) is 13.1. The van der Waals surface area contributed by atoms with Gasteiger partial charge in [0.25, 0.3) is 0 Å². The van der Waals surface area contributed by atoms with Crippen LogP contribution in [0.2, 0.25) is 0 Å². The van der Waals surface area contributed by atoms with Crippen molar-refractivity contribution in [3.05, 3.63) is 115 Å². The molecule has 0 aliphatic carbocycles. The zero-order valence-electron chi connectivity index (χ0n) is 23.3. The quantitative estimate of drug-likeness (QED) is 0.145. The lowest BCUT2D eigenvalue weighted by Crippen LogP contribution is -2.10. The number of anilines is 2. The first-order chi connectivity index (χ1) is 19.2. The molecule has 2 heterocycles. The number of pyridine rings is 1. The van der Waals surface area contributed by atoms with Gasteiger partial charge in [-0.3, -0.25) is 4.98 Å². The highest BCUT2D eigenvalue weighted by Crippen LogP contribution is 2.33. The Labute approximate surface area is 236 Å². The van der Waals surface area contributed by atoms with E-state index in [0.29, 0.717) is 12.0 Å². The largest absolute Gasteiger partial charge is 0.398 e. The summed E-state index contributed by atoms with van der Waals surface area (Å²) in [6.07, 6.45) is 13.2. The predicted octanol–water partition coefficient (Wildman–Crippen LogP) is 8.82. The van der Waals surface area contributed by atoms with E-state index in [-0.39, 0.29) is 11.2 Å². The molecule has 0 unspecified atom stereocenters. The van der Waals surface area contributed by atoms with Crippen LogP contribution in [0.25, 0.3) is 33.2 Å². The van der Waals surface area contributed by atoms with Gasteiger partial charge in [0.05, 0.1) is 11.9 Å². The predicted molar refractivity (Wildman–Crippen MR) is 167 cm³/mol. The number of fused-ring (bicyclic) bond motifs is 1. The molecule has 0 radical (unpaired) electrons. The summed E-state index contributed by atoms with van der Waals surface area (Å²) < 4.78 is 14.5. The Morgan fingerprint density at radius 1 is 0.950 bits per heavy atom. The number of nitrogens with two attached hydrogens (primary N) is 1. The molecular formula is C35H35FN4. The number of nitrogens with one attached hydrogen (secondary N) is 2. The van der Waals surface area contributed by atoms with E-state index in [1.807, 2.05) is 54.9 Å². The molecular weight excluding hydrogens is 495 g/mol. The summed E-state index contributed by atoms with van der Waals surface area (Å²) in [5.74, 6) is -0.230. The van der Waals surface area contributed by atoms with Gasteiger partial charge in [0, 0.05) is 51.7 Å². The number of halogens is 1. The molecule has 5 aromatic rings. The zero-order valence-corrected chi connectivity index (χ0v) is 23.3. The standard InChI is InChI=1S/C33H33FN4.C2H2/c1-21(18-33(2,3)4)37-26-16-24(19-36-20-26)22-12-13-31(35)23(14-22)15-25-17-29-27(9-7-11-32(29)38-25)28-8-5-6-10-30(28)34;1-2/h5-14,16-17,19-20,37-38H,1,15,18,35H2,2-4H3;1-2H. The van der Waals surface area contributed by atoms with Gasteiger partial charge in [0.15, 0.2) is 0 Å². The van der Waals surface area contributed by atoms with Crippen molar-refractivity contribution in [2.75, 3.05) is 11.1 Å². The van der Waals surface area contributed by atoms with Gasteiger partial charge in [0.2, 0.25) is 0 Å². The first-order valence-corrected chi connectivity index (χ1v) is 13.1. The number of nitrogens with zero attached hydrogens (tertiary/aromatic N) is 1. The second-order valence-corrected chi connectivity index (χ2v) is 11.1. The molecule has 202 valence electrons. The number of allylic oxidation sites excluding steroid dienone is 1. The van der Waals surface area contributed by atoms with E-state index >= 15 is 0 Å². The molecule has 4 nitrogen and oxygen atoms in total. The molecule has 0 atom stereocenters. The average Bonchev–Trinajstić information content (AvgIpc) is 3.33. The Bertz CT molecular complexity index is 1670. The molecule has 0 saturated carbocycles. The molecule has 0 saturated heterocycles. The zero-order chi connectivity index (χ0) is 28.9. The minimum absolute atomic E-state index is 0.152. The maximum absolute atomic E-state index is 14.5. The van der Waals surface area contributed by atoms with Crippen LogP contribution in [0.5, 0.6) is 0 Å². The van der Waals surface area contributed by atoms with Crippen molar-refractivity contribution in [2.24, 2.45) is 5.41 Å². The molecule has 0 amide bonds. The lowest BCUT2D eigenvalue weighted by atomic mass is 9.91. The Morgan fingerprint density at radius 3 is 2.45 bits per heavy atom. The SMILES string of the molecule is C#C.C=C(CC(C)(C)C)Nc1cncc(-c2ccc(N)c(Cc3cc4c(-c5ccccc5F)cccc4[nH]3)c2)c1. The average molecular weight is 531 g/mol. The number of nitrogen functional groups attached to an aromatic ring is 1. The van der Waals surface area contributed by atoms with E-state index < -0.39 is 0 Å². The second kappa shape index (κ2) is 11.9. The molecule has 5 rings (SSSR count). The van der Waals surface area contributed by atoms with Gasteiger partial charge in [-0.2, -0.15) is 0 Å². The van der Waals surface area contributed by atoms with Gasteiger partial charge >= 0.3 is 0 Å². The minimum Gasteiger partial charge on any atom is -0.398 e. The molecule has 0 spiro atoms. The number of hydrogen-bond acceptors (Lipinski definition) is 3. The van der Waals surface area contributed by atoms with E-state index in [1.165, 1.54) is 6.07 Å². The fourth-order valence-electron chi connectivity index (χ4n) is 4.92. The van der Waals surface area contributed by atoms with Crippen LogP contribution in [0.15, 0.2) is 97.5 Å². The Hall–Kier alpha value is -4.82. The number of rotatable bonds is 7. The van der Waals surface area contributed by atoms with E-state index in [4.69, 9.17) is 5.73 Å². The minimum atomic E-state index is -0.230. The van der Waals surface area contributed by atoms with Gasteiger partial charge < -0.3 is 16.0 Å². The van der Waals surface area contributed by atoms with E-state index in [1.54, 1.807) is 6.07 Å². The number of H-pyrrole nitrogens is 1. The summed E-state index contributed by atoms with van der Waals surface area (Å²) in [6.45, 7) is 10.8.